The fourth-order valence-corrected chi connectivity index (χ4v) is 3.24. The summed E-state index contributed by atoms with van der Waals surface area (Å²) in [4.78, 5) is 14.6. The first-order valence-corrected chi connectivity index (χ1v) is 10.7. The fraction of sp³-hybridized carbons (Fsp3) is 0.500. The smallest absolute Gasteiger partial charge is 0.411 e. The van der Waals surface area contributed by atoms with Crippen LogP contribution in [0.1, 0.15) is 61.0 Å². The number of hydrogen-bond donors (Lipinski definition) is 1. The third-order valence-corrected chi connectivity index (χ3v) is 5.24. The topological polar surface area (TPSA) is 49.8 Å². The Morgan fingerprint density at radius 3 is 2.07 bits per heavy atom. The first-order valence-electron chi connectivity index (χ1n) is 9.89. The minimum Gasteiger partial charge on any atom is -0.501 e. The molecular weight excluding hydrogens is 430 g/mol. The fourth-order valence-electron chi connectivity index (χ4n) is 2.71. The third kappa shape index (κ3) is 7.41. The summed E-state index contributed by atoms with van der Waals surface area (Å²) < 4.78 is 6.40. The highest BCUT2D eigenvalue weighted by Crippen LogP contribution is 2.35. The van der Waals surface area contributed by atoms with Crippen molar-refractivity contribution < 1.29 is 14.6 Å². The molecule has 0 saturated heterocycles. The molecule has 1 N–H and O–H groups in total. The Balaban J connectivity index is 3.47. The number of hydrogen-bond acceptors (Lipinski definition) is 3. The first-order chi connectivity index (χ1) is 13.3. The van der Waals surface area contributed by atoms with E-state index in [1.54, 1.807) is 17.9 Å². The van der Waals surface area contributed by atoms with Crippen LogP contribution in [0, 0.1) is 5.41 Å². The van der Waals surface area contributed by atoms with Gasteiger partial charge in [-0.2, -0.15) is 0 Å². The largest absolute Gasteiger partial charge is 0.501 e. The summed E-state index contributed by atoms with van der Waals surface area (Å²) in [6, 6.07) is 9.55. The number of nitrogens with zero attached hydrogens (tertiary/aromatic N) is 1. The molecule has 1 aromatic carbocycles. The molecule has 0 fully saturated rings. The van der Waals surface area contributed by atoms with Crippen LogP contribution in [0.3, 0.4) is 0 Å². The molecule has 1 atom stereocenters. The molecule has 0 bridgehead atoms. The van der Waals surface area contributed by atoms with Crippen LogP contribution in [-0.4, -0.2) is 33.8 Å². The Hall–Kier alpha value is -1.97. The number of halogens is 1. The highest BCUT2D eigenvalue weighted by atomic mass is 79.9. The molecule has 0 spiro atoms. The van der Waals surface area contributed by atoms with Crippen LogP contribution >= 0.6 is 15.9 Å². The molecule has 1 rings (SSSR count). The summed E-state index contributed by atoms with van der Waals surface area (Å²) in [7, 11) is 0. The Bertz CT molecular complexity index is 776. The zero-order valence-electron chi connectivity index (χ0n) is 18.8. The van der Waals surface area contributed by atoms with Crippen LogP contribution in [0.25, 0.3) is 6.08 Å². The lowest BCUT2D eigenvalue weighted by molar-refractivity contribution is 0.0151. The van der Waals surface area contributed by atoms with Gasteiger partial charge in [0.25, 0.3) is 0 Å². The quantitative estimate of drug-likeness (QED) is 0.362. The monoisotopic (exact) mass is 463 g/mol. The average molecular weight is 464 g/mol. The summed E-state index contributed by atoms with van der Waals surface area (Å²) >= 11 is 3.54. The average Bonchev–Trinajstić information content (AvgIpc) is 2.58. The number of aliphatic hydroxyl groups excluding tert-OH is 1. The Morgan fingerprint density at radius 2 is 1.62 bits per heavy atom. The maximum absolute atomic E-state index is 13.0. The van der Waals surface area contributed by atoms with Crippen LogP contribution < -0.4 is 0 Å². The van der Waals surface area contributed by atoms with Crippen molar-refractivity contribution in [2.24, 2.45) is 5.41 Å². The zero-order valence-corrected chi connectivity index (χ0v) is 20.4. The normalized spacial score (nSPS) is 14.2. The van der Waals surface area contributed by atoms with Gasteiger partial charge in [0, 0.05) is 16.6 Å². The van der Waals surface area contributed by atoms with Gasteiger partial charge in [-0.05, 0) is 57.7 Å². The number of ether oxygens (including phenoxy) is 1. The molecule has 0 heterocycles. The molecule has 0 aromatic heterocycles. The van der Waals surface area contributed by atoms with Crippen molar-refractivity contribution in [3.05, 3.63) is 57.9 Å². The number of benzene rings is 1. The molecule has 5 heteroatoms. The minimum atomic E-state index is -1.42. The molecule has 0 aliphatic carbocycles. The standard InChI is InChI=1S/C24H34BrNO3/c1-17(2)26(18(3)4)22(28)29-24(8,21(27)14-15-23(5,6)7)20(25)16-19-12-10-9-11-13-19/h9-13,15-18,27H,1-8H3/b20-16-/t14?,24-/m0/s1. The first kappa shape index (κ1) is 25.1. The summed E-state index contributed by atoms with van der Waals surface area (Å²) in [5.74, 6) is -0.174. The van der Waals surface area contributed by atoms with Gasteiger partial charge in [0.2, 0.25) is 5.60 Å². The Labute approximate surface area is 184 Å². The molecule has 0 aliphatic heterocycles. The Morgan fingerprint density at radius 1 is 1.10 bits per heavy atom. The van der Waals surface area contributed by atoms with E-state index in [2.05, 4.69) is 21.7 Å². The van der Waals surface area contributed by atoms with Crippen molar-refractivity contribution in [3.63, 3.8) is 0 Å². The van der Waals surface area contributed by atoms with Crippen molar-refractivity contribution in [1.82, 2.24) is 4.90 Å². The van der Waals surface area contributed by atoms with Gasteiger partial charge in [0.05, 0.1) is 0 Å². The lowest BCUT2D eigenvalue weighted by Crippen LogP contribution is -2.47. The molecule has 4 nitrogen and oxygen atoms in total. The highest BCUT2D eigenvalue weighted by molar-refractivity contribution is 9.11. The minimum absolute atomic E-state index is 0.0418. The second-order valence-electron chi connectivity index (χ2n) is 8.90. The number of amides is 1. The van der Waals surface area contributed by atoms with Gasteiger partial charge in [-0.1, -0.05) is 72.8 Å². The Kier molecular flexibility index (Phi) is 8.80. The summed E-state index contributed by atoms with van der Waals surface area (Å²) in [5.41, 5.74) is 2.22. The number of rotatable bonds is 6. The van der Waals surface area contributed by atoms with Crippen molar-refractivity contribution in [3.8, 4) is 0 Å². The van der Waals surface area contributed by atoms with E-state index in [1.807, 2.05) is 84.9 Å². The van der Waals surface area contributed by atoms with E-state index in [4.69, 9.17) is 4.74 Å². The van der Waals surface area contributed by atoms with Crippen LogP contribution in [0.4, 0.5) is 4.79 Å². The van der Waals surface area contributed by atoms with Gasteiger partial charge in [-0.15, -0.1) is 0 Å². The SMILES string of the molecule is CC(C)N(C(=O)O[C@](C)(C(O)=C=CC(C)(C)C)/C(Br)=C/c1ccccc1)C(C)C. The summed E-state index contributed by atoms with van der Waals surface area (Å²) in [5, 5.41) is 10.9. The van der Waals surface area contributed by atoms with Crippen molar-refractivity contribution in [2.45, 2.75) is 73.1 Å². The predicted octanol–water partition coefficient (Wildman–Crippen LogP) is 7.08. The van der Waals surface area contributed by atoms with Gasteiger partial charge in [0.15, 0.2) is 5.76 Å². The van der Waals surface area contributed by atoms with E-state index in [0.29, 0.717) is 4.48 Å². The van der Waals surface area contributed by atoms with Crippen LogP contribution in [0.5, 0.6) is 0 Å². The van der Waals surface area contributed by atoms with Crippen molar-refractivity contribution in [1.29, 1.82) is 0 Å². The van der Waals surface area contributed by atoms with Crippen molar-refractivity contribution >= 4 is 28.1 Å². The molecule has 0 saturated carbocycles. The third-order valence-electron chi connectivity index (χ3n) is 4.26. The van der Waals surface area contributed by atoms with E-state index < -0.39 is 11.7 Å². The lowest BCUT2D eigenvalue weighted by atomic mass is 9.95. The maximum atomic E-state index is 13.0. The van der Waals surface area contributed by atoms with Crippen LogP contribution in [0.15, 0.2) is 52.4 Å². The number of carbonyl (C=O) groups excluding carboxylic acids is 1. The molecule has 1 aromatic rings. The summed E-state index contributed by atoms with van der Waals surface area (Å²) in [6.07, 6.45) is 3.09. The summed E-state index contributed by atoms with van der Waals surface area (Å²) in [6.45, 7) is 15.4. The zero-order chi connectivity index (χ0) is 22.4. The molecule has 1 amide bonds. The number of aliphatic hydroxyl groups is 1. The second kappa shape index (κ2) is 10.2. The molecule has 0 radical (unpaired) electrons. The van der Waals surface area contributed by atoms with E-state index in [-0.39, 0.29) is 23.3 Å². The maximum Gasteiger partial charge on any atom is 0.411 e. The highest BCUT2D eigenvalue weighted by Gasteiger charge is 2.39. The van der Waals surface area contributed by atoms with Crippen LogP contribution in [-0.2, 0) is 4.74 Å². The lowest BCUT2D eigenvalue weighted by Gasteiger charge is -2.35. The van der Waals surface area contributed by atoms with Gasteiger partial charge in [-0.3, -0.25) is 0 Å². The van der Waals surface area contributed by atoms with E-state index in [9.17, 15) is 9.90 Å². The van der Waals surface area contributed by atoms with Gasteiger partial charge in [-0.25, -0.2) is 4.79 Å². The molecule has 0 unspecified atom stereocenters. The molecular formula is C24H34BrNO3. The molecule has 29 heavy (non-hydrogen) atoms. The van der Waals surface area contributed by atoms with Crippen molar-refractivity contribution in [2.75, 3.05) is 0 Å². The van der Waals surface area contributed by atoms with E-state index in [0.717, 1.165) is 5.56 Å². The number of carbonyl (C=O) groups is 1. The second-order valence-corrected chi connectivity index (χ2v) is 9.76. The van der Waals surface area contributed by atoms with E-state index in [1.165, 1.54) is 0 Å². The predicted molar refractivity (Wildman–Crippen MR) is 124 cm³/mol. The van der Waals surface area contributed by atoms with E-state index >= 15 is 0 Å². The molecule has 160 valence electrons. The van der Waals surface area contributed by atoms with Gasteiger partial charge < -0.3 is 14.7 Å². The van der Waals surface area contributed by atoms with Crippen LogP contribution in [0.2, 0.25) is 0 Å². The van der Waals surface area contributed by atoms with Gasteiger partial charge >= 0.3 is 6.09 Å². The van der Waals surface area contributed by atoms with Gasteiger partial charge in [0.1, 0.15) is 0 Å². The molecule has 0 aliphatic rings.